The van der Waals surface area contributed by atoms with Gasteiger partial charge in [-0.1, -0.05) is 6.58 Å². The van der Waals surface area contributed by atoms with Crippen LogP contribution in [0.1, 0.15) is 6.92 Å². The summed E-state index contributed by atoms with van der Waals surface area (Å²) in [6, 6.07) is 0. The van der Waals surface area contributed by atoms with Gasteiger partial charge in [0.25, 0.3) is 0 Å². The van der Waals surface area contributed by atoms with Gasteiger partial charge in [0.2, 0.25) is 0 Å². The molecule has 0 aromatic carbocycles. The van der Waals surface area contributed by atoms with Gasteiger partial charge in [-0.05, 0) is 6.92 Å². The second kappa shape index (κ2) is 22.9. The van der Waals surface area contributed by atoms with Crippen LogP contribution in [0, 0.1) is 6.20 Å². The van der Waals surface area contributed by atoms with Crippen molar-refractivity contribution in [3.05, 3.63) is 25.1 Å². The molecule has 0 spiro atoms. The predicted molar refractivity (Wildman–Crippen MR) is 49.1 cm³/mol. The number of hydrogen-bond donors (Lipinski definition) is 2. The van der Waals surface area contributed by atoms with Crippen molar-refractivity contribution in [1.29, 1.82) is 0 Å². The molecule has 0 rings (SSSR count). The van der Waals surface area contributed by atoms with Crippen LogP contribution < -0.4 is 10.9 Å². The zero-order valence-corrected chi connectivity index (χ0v) is 13.6. The second-order valence-electron chi connectivity index (χ2n) is 1.50. The molecule has 0 amide bonds. The van der Waals surface area contributed by atoms with Crippen molar-refractivity contribution in [2.24, 2.45) is 10.2 Å². The summed E-state index contributed by atoms with van der Waals surface area (Å²) >= 11 is 0. The molecule has 0 atom stereocenters. The molecule has 0 aliphatic rings. The molecule has 0 saturated heterocycles. The van der Waals surface area contributed by atoms with Crippen LogP contribution in [0.2, 0.25) is 0 Å². The fraction of sp³-hybridized carbons (Fsp3) is 0.143. The maximum absolute atomic E-state index is 3.50. The molecule has 0 heterocycles. The van der Waals surface area contributed by atoms with E-state index in [0.29, 0.717) is 0 Å². The number of nitrogens with one attached hydrogen (secondary N) is 2. The van der Waals surface area contributed by atoms with Crippen LogP contribution >= 0.6 is 0 Å². The summed E-state index contributed by atoms with van der Waals surface area (Å²) in [5.41, 5.74) is 5.60. The van der Waals surface area contributed by atoms with Gasteiger partial charge in [-0.2, -0.15) is 5.10 Å². The topological polar surface area (TPSA) is 48.8 Å². The Labute approximate surface area is 130 Å². The van der Waals surface area contributed by atoms with Gasteiger partial charge in [0, 0.05) is 84.6 Å². The third kappa shape index (κ3) is 45.0. The molecule has 0 unspecified atom stereocenters. The maximum atomic E-state index is 3.50. The standard InChI is InChI=1S/C4H8N2.C3H5N2.2Y/c1-4(2)6-5-3;1-3-5-4-2;;/h6H,1,3H2,2H3;5H,1-2H2;;/q;-1;;. The molecular formula is C7H13N4Y2-. The van der Waals surface area contributed by atoms with Crippen LogP contribution in [0.5, 0.6) is 0 Å². The van der Waals surface area contributed by atoms with Gasteiger partial charge in [-0.15, -0.1) is 0 Å². The van der Waals surface area contributed by atoms with Crippen LogP contribution in [0.15, 0.2) is 29.1 Å². The van der Waals surface area contributed by atoms with E-state index in [-0.39, 0.29) is 65.4 Å². The van der Waals surface area contributed by atoms with Crippen molar-refractivity contribution in [3.63, 3.8) is 0 Å². The molecule has 6 heteroatoms. The molecule has 0 aliphatic carbocycles. The average molecular weight is 331 g/mol. The Morgan fingerprint density at radius 3 is 1.69 bits per heavy atom. The predicted octanol–water partition coefficient (Wildman–Crippen LogP) is 0.858. The van der Waals surface area contributed by atoms with E-state index in [1.807, 2.05) is 6.92 Å². The Balaban J connectivity index is -0.0000000546. The van der Waals surface area contributed by atoms with Gasteiger partial charge < -0.3 is 11.6 Å². The number of rotatable bonds is 4. The third-order valence-electron chi connectivity index (χ3n) is 0.428. The Hall–Kier alpha value is 0.628. The number of nitrogens with zero attached hydrogens (tertiary/aromatic N) is 2. The number of hydrazone groups is 2. The molecule has 0 aromatic heterocycles. The van der Waals surface area contributed by atoms with Gasteiger partial charge in [0.15, 0.2) is 0 Å². The van der Waals surface area contributed by atoms with E-state index in [9.17, 15) is 0 Å². The summed E-state index contributed by atoms with van der Waals surface area (Å²) in [4.78, 5) is 0. The fourth-order valence-electron chi connectivity index (χ4n) is 0.191. The quantitative estimate of drug-likeness (QED) is 0.347. The first-order chi connectivity index (χ1) is 5.18. The summed E-state index contributed by atoms with van der Waals surface area (Å²) in [6.45, 7) is 14.8. The van der Waals surface area contributed by atoms with Crippen molar-refractivity contribution in [2.45, 2.75) is 6.92 Å². The smallest absolute Gasteiger partial charge is 0.0233 e. The van der Waals surface area contributed by atoms with Crippen LogP contribution in [-0.2, 0) is 65.4 Å². The van der Waals surface area contributed by atoms with Gasteiger partial charge >= 0.3 is 0 Å². The van der Waals surface area contributed by atoms with Crippen molar-refractivity contribution in [1.82, 2.24) is 10.9 Å². The molecule has 0 bridgehead atoms. The van der Waals surface area contributed by atoms with E-state index < -0.39 is 0 Å². The summed E-state index contributed by atoms with van der Waals surface area (Å²) in [5.74, 6) is 0. The Morgan fingerprint density at radius 1 is 1.23 bits per heavy atom. The van der Waals surface area contributed by atoms with Crippen LogP contribution in [-0.4, -0.2) is 13.4 Å². The Kier molecular flexibility index (Phi) is 41.4. The van der Waals surface area contributed by atoms with Gasteiger partial charge in [0.05, 0.1) is 0 Å². The molecule has 0 saturated carbocycles. The van der Waals surface area contributed by atoms with Gasteiger partial charge in [-0.25, -0.2) is 5.10 Å². The van der Waals surface area contributed by atoms with Gasteiger partial charge in [0.1, 0.15) is 0 Å². The zero-order chi connectivity index (χ0) is 9.11. The molecule has 2 N–H and O–H groups in total. The van der Waals surface area contributed by atoms with Crippen molar-refractivity contribution < 1.29 is 65.4 Å². The minimum atomic E-state index is 0. The van der Waals surface area contributed by atoms with Crippen LogP contribution in [0.4, 0.5) is 0 Å². The van der Waals surface area contributed by atoms with E-state index in [1.165, 1.54) is 0 Å². The monoisotopic (exact) mass is 331 g/mol. The van der Waals surface area contributed by atoms with Crippen molar-refractivity contribution in [3.8, 4) is 0 Å². The third-order valence-corrected chi connectivity index (χ3v) is 0.428. The molecule has 2 radical (unpaired) electrons. The molecular weight excluding hydrogens is 318 g/mol. The van der Waals surface area contributed by atoms with Crippen LogP contribution in [0.3, 0.4) is 0 Å². The molecule has 0 aromatic rings. The van der Waals surface area contributed by atoms with E-state index in [4.69, 9.17) is 0 Å². The molecule has 4 nitrogen and oxygen atoms in total. The molecule has 0 fully saturated rings. The summed E-state index contributed by atoms with van der Waals surface area (Å²) in [5, 5.41) is 6.52. The minimum absolute atomic E-state index is 0. The minimum Gasteiger partial charge on any atom is -0.460 e. The molecule has 13 heavy (non-hydrogen) atoms. The van der Waals surface area contributed by atoms with Crippen molar-refractivity contribution in [2.75, 3.05) is 0 Å². The number of hydrogen-bond acceptors (Lipinski definition) is 4. The van der Waals surface area contributed by atoms with E-state index >= 15 is 0 Å². The first kappa shape index (κ1) is 23.4. The normalized spacial score (nSPS) is 5.31. The summed E-state index contributed by atoms with van der Waals surface area (Å²) < 4.78 is 0. The average Bonchev–Trinajstić information content (AvgIpc) is 1.90. The largest absolute Gasteiger partial charge is 0.460 e. The van der Waals surface area contributed by atoms with Crippen molar-refractivity contribution >= 4 is 13.4 Å². The van der Waals surface area contributed by atoms with E-state index in [1.54, 1.807) is 0 Å². The molecule has 0 aliphatic heterocycles. The zero-order valence-electron chi connectivity index (χ0n) is 7.88. The van der Waals surface area contributed by atoms with E-state index in [0.717, 1.165) is 5.70 Å². The summed E-state index contributed by atoms with van der Waals surface area (Å²) in [7, 11) is 0. The SMILES string of the molecule is C=NNC(=C)C.C=[C-]NN=C.[Y].[Y]. The van der Waals surface area contributed by atoms with Crippen LogP contribution in [0.25, 0.3) is 0 Å². The Morgan fingerprint density at radius 2 is 1.69 bits per heavy atom. The first-order valence-electron chi connectivity index (χ1n) is 2.79. The maximum Gasteiger partial charge on any atom is 0.0233 e. The first-order valence-corrected chi connectivity index (χ1v) is 2.79. The second-order valence-corrected chi connectivity index (χ2v) is 1.50. The summed E-state index contributed by atoms with van der Waals surface area (Å²) in [6.07, 6.45) is 2.29. The Bertz CT molecular complexity index is 141. The van der Waals surface area contributed by atoms with Gasteiger partial charge in [-0.3, -0.25) is 12.0 Å². The van der Waals surface area contributed by atoms with E-state index in [2.05, 4.69) is 53.8 Å². The molecule has 68 valence electrons. The fourth-order valence-corrected chi connectivity index (χ4v) is 0.191. The number of allylic oxidation sites excluding steroid dienone is 1.